The number of pyridine rings is 1. The van der Waals surface area contributed by atoms with E-state index in [1.807, 2.05) is 64.2 Å². The van der Waals surface area contributed by atoms with E-state index in [9.17, 15) is 9.59 Å². The van der Waals surface area contributed by atoms with Gasteiger partial charge in [0.15, 0.2) is 5.78 Å². The fraction of sp³-hybridized carbons (Fsp3) is 0.348. The molecule has 1 aliphatic rings. The fourth-order valence-electron chi connectivity index (χ4n) is 3.53. The van der Waals surface area contributed by atoms with E-state index in [2.05, 4.69) is 10.3 Å². The largest absolute Gasteiger partial charge is 0.443 e. The summed E-state index contributed by atoms with van der Waals surface area (Å²) in [7, 11) is 0. The zero-order valence-electron chi connectivity index (χ0n) is 17.5. The van der Waals surface area contributed by atoms with Crippen LogP contribution in [0.25, 0.3) is 10.9 Å². The molecule has 1 aliphatic heterocycles. The summed E-state index contributed by atoms with van der Waals surface area (Å²) in [6.45, 7) is 7.44. The number of fused-ring (bicyclic) bond motifs is 1. The monoisotopic (exact) mass is 423 g/mol. The van der Waals surface area contributed by atoms with E-state index in [1.165, 1.54) is 4.57 Å². The molecule has 4 rings (SSSR count). The first kappa shape index (κ1) is 20.6. The van der Waals surface area contributed by atoms with Crippen molar-refractivity contribution in [2.24, 2.45) is 0 Å². The summed E-state index contributed by atoms with van der Waals surface area (Å²) in [6.07, 6.45) is 4.68. The third-order valence-corrected chi connectivity index (χ3v) is 6.17. The van der Waals surface area contributed by atoms with Gasteiger partial charge >= 0.3 is 6.09 Å². The first-order valence-corrected chi connectivity index (χ1v) is 10.9. The molecule has 30 heavy (non-hydrogen) atoms. The normalized spacial score (nSPS) is 19.2. The zero-order chi connectivity index (χ0) is 21.5. The molecular formula is C23H25N3O3S. The molecular weight excluding hydrogens is 398 g/mol. The Morgan fingerprint density at radius 1 is 1.27 bits per heavy atom. The van der Waals surface area contributed by atoms with Gasteiger partial charge < -0.3 is 4.74 Å². The summed E-state index contributed by atoms with van der Waals surface area (Å²) in [5, 5.41) is 4.19. The average Bonchev–Trinajstić information content (AvgIpc) is 3.32. The predicted molar refractivity (Wildman–Crippen MR) is 119 cm³/mol. The number of thioether (sulfide) groups is 1. The van der Waals surface area contributed by atoms with Crippen LogP contribution in [0.4, 0.5) is 4.79 Å². The van der Waals surface area contributed by atoms with Gasteiger partial charge in [-0.15, -0.1) is 11.8 Å². The maximum Gasteiger partial charge on any atom is 0.419 e. The summed E-state index contributed by atoms with van der Waals surface area (Å²) < 4.78 is 7.00. The molecule has 1 saturated heterocycles. The Hall–Kier alpha value is -2.64. The van der Waals surface area contributed by atoms with E-state index in [4.69, 9.17) is 4.74 Å². The van der Waals surface area contributed by atoms with Crippen LogP contribution in [-0.2, 0) is 4.74 Å². The standard InChI is InChI=1S/C23H25N3O3S/c1-14-7-8-16-17(12-26(19(16)10-14)22(28)29-23(2,3)4)20(27)18-13-30-21(25-18)15-6-5-9-24-11-15/h5-12,18,21,25H,13H2,1-4H3. The van der Waals surface area contributed by atoms with E-state index in [1.54, 1.807) is 24.2 Å². The molecule has 0 saturated carbocycles. The molecule has 156 valence electrons. The first-order valence-electron chi connectivity index (χ1n) is 9.90. The van der Waals surface area contributed by atoms with Gasteiger partial charge in [0.05, 0.1) is 16.9 Å². The summed E-state index contributed by atoms with van der Waals surface area (Å²) in [4.78, 5) is 30.3. The molecule has 7 heteroatoms. The maximum absolute atomic E-state index is 13.4. The van der Waals surface area contributed by atoms with Crippen molar-refractivity contribution in [2.75, 3.05) is 5.75 Å². The highest BCUT2D eigenvalue weighted by atomic mass is 32.2. The number of benzene rings is 1. The number of nitrogens with one attached hydrogen (secondary N) is 1. The van der Waals surface area contributed by atoms with Crippen molar-refractivity contribution in [2.45, 2.75) is 44.7 Å². The van der Waals surface area contributed by atoms with Crippen molar-refractivity contribution in [3.8, 4) is 0 Å². The number of aromatic nitrogens is 2. The minimum Gasteiger partial charge on any atom is -0.443 e. The first-order chi connectivity index (χ1) is 14.2. The number of ether oxygens (including phenoxy) is 1. The van der Waals surface area contributed by atoms with Gasteiger partial charge in [-0.1, -0.05) is 18.2 Å². The van der Waals surface area contributed by atoms with Crippen LogP contribution in [0.15, 0.2) is 48.9 Å². The van der Waals surface area contributed by atoms with E-state index >= 15 is 0 Å². The van der Waals surface area contributed by atoms with Crippen molar-refractivity contribution < 1.29 is 14.3 Å². The topological polar surface area (TPSA) is 73.2 Å². The summed E-state index contributed by atoms with van der Waals surface area (Å²) in [5.74, 6) is 0.633. The number of carbonyl (C=O) groups is 2. The number of hydrogen-bond donors (Lipinski definition) is 1. The summed E-state index contributed by atoms with van der Waals surface area (Å²) >= 11 is 1.69. The second-order valence-corrected chi connectivity index (χ2v) is 9.64. The van der Waals surface area contributed by atoms with Crippen molar-refractivity contribution in [1.29, 1.82) is 0 Å². The molecule has 1 aromatic carbocycles. The van der Waals surface area contributed by atoms with Gasteiger partial charge in [-0.2, -0.15) is 0 Å². The summed E-state index contributed by atoms with van der Waals surface area (Å²) in [6, 6.07) is 9.32. The predicted octanol–water partition coefficient (Wildman–Crippen LogP) is 4.71. The lowest BCUT2D eigenvalue weighted by Gasteiger charge is -2.19. The lowest BCUT2D eigenvalue weighted by molar-refractivity contribution is 0.0544. The molecule has 0 spiro atoms. The van der Waals surface area contributed by atoms with Crippen molar-refractivity contribution in [3.05, 3.63) is 65.6 Å². The molecule has 3 aromatic rings. The zero-order valence-corrected chi connectivity index (χ0v) is 18.3. The Morgan fingerprint density at radius 3 is 2.77 bits per heavy atom. The van der Waals surface area contributed by atoms with Gasteiger partial charge in [-0.05, 0) is 51.0 Å². The van der Waals surface area contributed by atoms with Crippen LogP contribution < -0.4 is 5.32 Å². The third kappa shape index (κ3) is 4.13. The number of carbonyl (C=O) groups excluding carboxylic acids is 2. The lowest BCUT2D eigenvalue weighted by atomic mass is 10.0. The summed E-state index contributed by atoms with van der Waals surface area (Å²) in [5.41, 5.74) is 2.64. The van der Waals surface area contributed by atoms with E-state index in [0.717, 1.165) is 16.5 Å². The number of ketones is 1. The Bertz CT molecular complexity index is 1100. The van der Waals surface area contributed by atoms with Crippen LogP contribution in [0.5, 0.6) is 0 Å². The number of rotatable bonds is 3. The smallest absolute Gasteiger partial charge is 0.419 e. The molecule has 0 aliphatic carbocycles. The van der Waals surface area contributed by atoms with Crippen molar-refractivity contribution in [3.63, 3.8) is 0 Å². The quantitative estimate of drug-likeness (QED) is 0.615. The minimum atomic E-state index is -0.623. The molecule has 2 aromatic heterocycles. The van der Waals surface area contributed by atoms with Crippen LogP contribution in [-0.4, -0.2) is 38.8 Å². The number of nitrogens with zero attached hydrogens (tertiary/aromatic N) is 2. The second kappa shape index (κ2) is 7.89. The molecule has 3 heterocycles. The maximum atomic E-state index is 13.4. The third-order valence-electron chi connectivity index (χ3n) is 4.90. The molecule has 2 atom stereocenters. The van der Waals surface area contributed by atoms with Gasteiger partial charge in [0, 0.05) is 35.3 Å². The van der Waals surface area contributed by atoms with Gasteiger partial charge in [0.2, 0.25) is 0 Å². The molecule has 2 unspecified atom stereocenters. The Balaban J connectivity index is 1.66. The average molecular weight is 424 g/mol. The Morgan fingerprint density at radius 2 is 2.07 bits per heavy atom. The molecule has 6 nitrogen and oxygen atoms in total. The number of Topliss-reactive ketones (excluding diaryl/α,β-unsaturated/α-hetero) is 1. The Kier molecular flexibility index (Phi) is 5.42. The van der Waals surface area contributed by atoms with Crippen molar-refractivity contribution in [1.82, 2.24) is 14.9 Å². The highest BCUT2D eigenvalue weighted by molar-refractivity contribution is 7.99. The lowest BCUT2D eigenvalue weighted by Crippen LogP contribution is -2.34. The van der Waals surface area contributed by atoms with Crippen LogP contribution >= 0.6 is 11.8 Å². The van der Waals surface area contributed by atoms with Crippen LogP contribution in [0.1, 0.15) is 47.6 Å². The highest BCUT2D eigenvalue weighted by Gasteiger charge is 2.33. The van der Waals surface area contributed by atoms with Crippen LogP contribution in [0.2, 0.25) is 0 Å². The minimum absolute atomic E-state index is 0.0223. The second-order valence-electron chi connectivity index (χ2n) is 8.50. The molecule has 0 bridgehead atoms. The molecule has 1 N–H and O–H groups in total. The SMILES string of the molecule is Cc1ccc2c(C(=O)C3CSC(c4cccnc4)N3)cn(C(=O)OC(C)(C)C)c2c1. The number of aryl methyl sites for hydroxylation is 1. The Labute approximate surface area is 180 Å². The van der Waals surface area contributed by atoms with Crippen molar-refractivity contribution >= 4 is 34.5 Å². The fourth-order valence-corrected chi connectivity index (χ4v) is 4.75. The van der Waals surface area contributed by atoms with Gasteiger partial charge in [0.25, 0.3) is 0 Å². The molecule has 0 amide bonds. The van der Waals surface area contributed by atoms with E-state index in [-0.39, 0.29) is 17.2 Å². The van der Waals surface area contributed by atoms with Crippen LogP contribution in [0.3, 0.4) is 0 Å². The number of hydrogen-bond acceptors (Lipinski definition) is 6. The molecule has 0 radical (unpaired) electrons. The van der Waals surface area contributed by atoms with Gasteiger partial charge in [-0.3, -0.25) is 19.7 Å². The van der Waals surface area contributed by atoms with Gasteiger partial charge in [-0.25, -0.2) is 4.79 Å². The van der Waals surface area contributed by atoms with E-state index in [0.29, 0.717) is 16.8 Å². The highest BCUT2D eigenvalue weighted by Crippen LogP contribution is 2.34. The van der Waals surface area contributed by atoms with E-state index < -0.39 is 11.7 Å². The molecule has 1 fully saturated rings. The van der Waals surface area contributed by atoms with Gasteiger partial charge in [0.1, 0.15) is 5.60 Å². The van der Waals surface area contributed by atoms with Crippen LogP contribution in [0, 0.1) is 6.92 Å².